The Morgan fingerprint density at radius 3 is 1.22 bits per heavy atom. The third-order valence-corrected chi connectivity index (χ3v) is 10.5. The first-order chi connectivity index (χ1) is 15.2. The Hall–Kier alpha value is -1.46. The molecule has 2 aliphatic rings. The molecule has 0 atom stereocenters. The van der Waals surface area contributed by atoms with Gasteiger partial charge in [0.05, 0.1) is 13.5 Å². The normalized spacial score (nSPS) is 14.8. The van der Waals surface area contributed by atoms with Crippen molar-refractivity contribution in [2.75, 3.05) is 0 Å². The van der Waals surface area contributed by atoms with E-state index >= 15 is 0 Å². The lowest BCUT2D eigenvalue weighted by molar-refractivity contribution is 0.792. The van der Waals surface area contributed by atoms with Crippen LogP contribution in [0.1, 0.15) is 22.3 Å². The molecule has 32 heavy (non-hydrogen) atoms. The van der Waals surface area contributed by atoms with Gasteiger partial charge in [0.2, 0.25) is 0 Å². The molecule has 0 N–H and O–H groups in total. The van der Waals surface area contributed by atoms with Gasteiger partial charge in [-0.05, 0) is 80.9 Å². The molecule has 1 spiro atoms. The maximum absolute atomic E-state index is 3.78. The SMILES string of the molecule is C[Si](C)(C)c1ccc2c(c1)C1(c3cc(Br)ccc3-c3ccc(Br)cc31)c1cc(Br)ccc1-2. The van der Waals surface area contributed by atoms with E-state index in [9.17, 15) is 0 Å². The van der Waals surface area contributed by atoms with E-state index in [1.54, 1.807) is 0 Å². The Balaban J connectivity index is 1.84. The Morgan fingerprint density at radius 1 is 0.500 bits per heavy atom. The fourth-order valence-corrected chi connectivity index (χ4v) is 7.86. The lowest BCUT2D eigenvalue weighted by Gasteiger charge is -2.32. The van der Waals surface area contributed by atoms with Crippen LogP contribution in [0.2, 0.25) is 19.6 Å². The molecule has 4 heteroatoms. The van der Waals surface area contributed by atoms with Crippen LogP contribution in [0.25, 0.3) is 22.3 Å². The molecule has 0 radical (unpaired) electrons. The van der Waals surface area contributed by atoms with E-state index in [1.807, 2.05) is 0 Å². The molecule has 4 aromatic carbocycles. The molecule has 0 saturated heterocycles. The van der Waals surface area contributed by atoms with Crippen LogP contribution in [0.4, 0.5) is 0 Å². The maximum Gasteiger partial charge on any atom is 0.0776 e. The van der Waals surface area contributed by atoms with Crippen molar-refractivity contribution >= 4 is 61.1 Å². The summed E-state index contributed by atoms with van der Waals surface area (Å²) in [5.74, 6) is 0. The van der Waals surface area contributed by atoms with E-state index in [-0.39, 0.29) is 5.41 Å². The van der Waals surface area contributed by atoms with Crippen LogP contribution in [0.3, 0.4) is 0 Å². The molecule has 0 aromatic heterocycles. The number of halogens is 3. The van der Waals surface area contributed by atoms with Crippen molar-refractivity contribution in [2.45, 2.75) is 25.1 Å². The van der Waals surface area contributed by atoms with Gasteiger partial charge in [-0.25, -0.2) is 0 Å². The van der Waals surface area contributed by atoms with Crippen molar-refractivity contribution in [3.05, 3.63) is 108 Å². The lowest BCUT2D eigenvalue weighted by atomic mass is 9.70. The van der Waals surface area contributed by atoms with E-state index < -0.39 is 8.07 Å². The minimum absolute atomic E-state index is 0.317. The van der Waals surface area contributed by atoms with Crippen LogP contribution in [-0.2, 0) is 5.41 Å². The molecule has 0 saturated carbocycles. The monoisotopic (exact) mass is 622 g/mol. The van der Waals surface area contributed by atoms with Gasteiger partial charge in [-0.1, -0.05) is 109 Å². The van der Waals surface area contributed by atoms with Crippen LogP contribution in [0.15, 0.2) is 86.2 Å². The highest BCUT2D eigenvalue weighted by Gasteiger charge is 2.52. The molecule has 0 unspecified atom stereocenters. The summed E-state index contributed by atoms with van der Waals surface area (Å²) in [5.41, 5.74) is 10.5. The number of rotatable bonds is 1. The molecule has 0 heterocycles. The Morgan fingerprint density at radius 2 is 0.844 bits per heavy atom. The minimum atomic E-state index is -1.49. The molecule has 6 rings (SSSR count). The fraction of sp³-hybridized carbons (Fsp3) is 0.143. The molecule has 0 nitrogen and oxygen atoms in total. The average Bonchev–Trinajstić information content (AvgIpc) is 3.18. The molecule has 0 amide bonds. The van der Waals surface area contributed by atoms with E-state index in [2.05, 4.69) is 140 Å². The molecule has 0 aliphatic heterocycles. The van der Waals surface area contributed by atoms with Gasteiger partial charge >= 0.3 is 0 Å². The first-order valence-corrected chi connectivity index (χ1v) is 16.6. The van der Waals surface area contributed by atoms with Crippen molar-refractivity contribution in [3.8, 4) is 22.3 Å². The second-order valence-corrected chi connectivity index (χ2v) is 17.7. The second kappa shape index (κ2) is 7.02. The summed E-state index contributed by atoms with van der Waals surface area (Å²) < 4.78 is 3.36. The maximum atomic E-state index is 3.78. The van der Waals surface area contributed by atoms with Crippen molar-refractivity contribution in [3.63, 3.8) is 0 Å². The largest absolute Gasteiger partial charge is 0.0776 e. The highest BCUT2D eigenvalue weighted by atomic mass is 79.9. The van der Waals surface area contributed by atoms with Crippen LogP contribution in [-0.4, -0.2) is 8.07 Å². The van der Waals surface area contributed by atoms with Crippen molar-refractivity contribution in [1.82, 2.24) is 0 Å². The quantitative estimate of drug-likeness (QED) is 0.160. The third kappa shape index (κ3) is 2.76. The van der Waals surface area contributed by atoms with E-state index in [4.69, 9.17) is 0 Å². The standard InChI is InChI=1S/C28H21Br3Si/c1-32(2,3)19-7-11-23-22-10-6-18(31)14-26(22)28(27(23)15-19)24-12-16(29)4-8-20(24)21-9-5-17(30)13-25(21)28/h4-15H,1-3H3. The molecule has 158 valence electrons. The summed E-state index contributed by atoms with van der Waals surface area (Å²) >= 11 is 11.4. The Bertz CT molecular complexity index is 1370. The third-order valence-electron chi connectivity index (χ3n) is 7.03. The minimum Gasteiger partial charge on any atom is -0.0656 e. The second-order valence-electron chi connectivity index (χ2n) is 9.83. The van der Waals surface area contributed by atoms with E-state index in [1.165, 1.54) is 49.7 Å². The zero-order chi connectivity index (χ0) is 22.4. The van der Waals surface area contributed by atoms with Gasteiger partial charge in [0.1, 0.15) is 0 Å². The highest BCUT2D eigenvalue weighted by molar-refractivity contribution is 9.11. The highest BCUT2D eigenvalue weighted by Crippen LogP contribution is 2.63. The van der Waals surface area contributed by atoms with Crippen molar-refractivity contribution in [2.24, 2.45) is 0 Å². The fourth-order valence-electron chi connectivity index (χ4n) is 5.61. The summed E-state index contributed by atoms with van der Waals surface area (Å²) in [5, 5.41) is 1.50. The van der Waals surface area contributed by atoms with Crippen LogP contribution >= 0.6 is 47.8 Å². The molecule has 4 aromatic rings. The van der Waals surface area contributed by atoms with E-state index in [0.717, 1.165) is 13.4 Å². The van der Waals surface area contributed by atoms with Gasteiger partial charge in [-0.2, -0.15) is 0 Å². The number of hydrogen-bond acceptors (Lipinski definition) is 0. The van der Waals surface area contributed by atoms with Crippen LogP contribution in [0, 0.1) is 0 Å². The zero-order valence-electron chi connectivity index (χ0n) is 18.1. The predicted molar refractivity (Wildman–Crippen MR) is 149 cm³/mol. The summed E-state index contributed by atoms with van der Waals surface area (Å²) in [7, 11) is -1.49. The topological polar surface area (TPSA) is 0 Å². The summed E-state index contributed by atoms with van der Waals surface area (Å²) in [6, 6.07) is 27.6. The summed E-state index contributed by atoms with van der Waals surface area (Å²) in [4.78, 5) is 0. The number of hydrogen-bond donors (Lipinski definition) is 0. The first kappa shape index (κ1) is 21.1. The molecule has 2 aliphatic carbocycles. The Labute approximate surface area is 215 Å². The number of fused-ring (bicyclic) bond motifs is 10. The Kier molecular flexibility index (Phi) is 4.63. The number of benzene rings is 4. The summed E-state index contributed by atoms with van der Waals surface area (Å²) in [6.45, 7) is 7.30. The van der Waals surface area contributed by atoms with Gasteiger partial charge in [0.15, 0.2) is 0 Å². The first-order valence-electron chi connectivity index (χ1n) is 10.8. The summed E-state index contributed by atoms with van der Waals surface area (Å²) in [6.07, 6.45) is 0. The molecular weight excluding hydrogens is 604 g/mol. The van der Waals surface area contributed by atoms with Gasteiger partial charge in [-0.3, -0.25) is 0 Å². The zero-order valence-corrected chi connectivity index (χ0v) is 23.8. The van der Waals surface area contributed by atoms with Crippen LogP contribution < -0.4 is 5.19 Å². The smallest absolute Gasteiger partial charge is 0.0656 e. The van der Waals surface area contributed by atoms with Crippen molar-refractivity contribution < 1.29 is 0 Å². The predicted octanol–water partition coefficient (Wildman–Crippen LogP) is 8.86. The molecular formula is C28H21Br3Si. The van der Waals surface area contributed by atoms with Gasteiger partial charge in [0.25, 0.3) is 0 Å². The molecule has 0 bridgehead atoms. The van der Waals surface area contributed by atoms with Gasteiger partial charge < -0.3 is 0 Å². The van der Waals surface area contributed by atoms with E-state index in [0.29, 0.717) is 0 Å². The average molecular weight is 625 g/mol. The molecule has 0 fully saturated rings. The van der Waals surface area contributed by atoms with Crippen LogP contribution in [0.5, 0.6) is 0 Å². The van der Waals surface area contributed by atoms with Gasteiger partial charge in [-0.15, -0.1) is 0 Å². The lowest BCUT2D eigenvalue weighted by Crippen LogP contribution is -2.38. The van der Waals surface area contributed by atoms with Crippen molar-refractivity contribution in [1.29, 1.82) is 0 Å². The van der Waals surface area contributed by atoms with Gasteiger partial charge in [0, 0.05) is 13.4 Å².